The van der Waals surface area contributed by atoms with Gasteiger partial charge in [0.25, 0.3) is 0 Å². The number of nitrogens with zero attached hydrogens (tertiary/aromatic N) is 2. The number of amides is 1. The summed E-state index contributed by atoms with van der Waals surface area (Å²) in [6.07, 6.45) is -1.94. The van der Waals surface area contributed by atoms with Gasteiger partial charge in [-0.3, -0.25) is 9.89 Å². The van der Waals surface area contributed by atoms with E-state index in [9.17, 15) is 23.1 Å². The molecule has 3 aromatic rings. The minimum Gasteiger partial charge on any atom is -0.465 e. The molecule has 2 aliphatic heterocycles. The Kier molecular flexibility index (Phi) is 11.3. The molecule has 2 aromatic carbocycles. The summed E-state index contributed by atoms with van der Waals surface area (Å²) in [5.74, 6) is -0.307. The van der Waals surface area contributed by atoms with Gasteiger partial charge >= 0.3 is 12.1 Å². The highest BCUT2D eigenvalue weighted by atomic mass is 32.2. The van der Waals surface area contributed by atoms with Gasteiger partial charge in [0.2, 0.25) is 10.0 Å². The van der Waals surface area contributed by atoms with E-state index < -0.39 is 40.3 Å². The van der Waals surface area contributed by atoms with Crippen LogP contribution in [0.2, 0.25) is 0 Å². The molecule has 5 atom stereocenters. The average Bonchev–Trinajstić information content (AvgIpc) is 3.77. The van der Waals surface area contributed by atoms with E-state index in [1.807, 2.05) is 44.2 Å². The Bertz CT molecular complexity index is 1620. The van der Waals surface area contributed by atoms with Gasteiger partial charge in [0.1, 0.15) is 12.6 Å². The molecule has 14 nitrogen and oxygen atoms in total. The average molecular weight is 674 g/mol. The van der Waals surface area contributed by atoms with E-state index in [2.05, 4.69) is 20.8 Å². The zero-order valence-corrected chi connectivity index (χ0v) is 27.6. The van der Waals surface area contributed by atoms with E-state index >= 15 is 0 Å². The highest BCUT2D eigenvalue weighted by Gasteiger charge is 2.44. The van der Waals surface area contributed by atoms with Gasteiger partial charge in [0.15, 0.2) is 12.1 Å². The molecule has 0 spiro atoms. The van der Waals surface area contributed by atoms with Crippen LogP contribution in [0, 0.1) is 11.8 Å². The van der Waals surface area contributed by atoms with E-state index in [1.165, 1.54) is 16.4 Å². The zero-order chi connectivity index (χ0) is 33.6. The maximum absolute atomic E-state index is 14.1. The lowest BCUT2D eigenvalue weighted by molar-refractivity contribution is -0.140. The monoisotopic (exact) mass is 673 g/mol. The fraction of sp³-hybridized carbons (Fsp3) is 0.531. The molecule has 5 rings (SSSR count). The number of esters is 1. The third-order valence-electron chi connectivity index (χ3n) is 8.15. The fourth-order valence-corrected chi connectivity index (χ4v) is 7.49. The summed E-state index contributed by atoms with van der Waals surface area (Å²) in [6, 6.07) is 13.0. The maximum atomic E-state index is 14.1. The summed E-state index contributed by atoms with van der Waals surface area (Å²) in [5.41, 5.74) is 1.41. The molecular formula is C32H43N5O9S. The third-order valence-corrected chi connectivity index (χ3v) is 9.97. The van der Waals surface area contributed by atoms with Crippen LogP contribution >= 0.6 is 0 Å². The SMILES string of the molecule is CCOC(=O)CNc1n[nH]c2ccc(S(=O)(=O)N(CC(C)C)C[C@@H](O)[C@H](Cc3ccccc3)NC(=O)O[C@H]3CO[C@H]4OCC[C@H]43)cc12. The predicted molar refractivity (Wildman–Crippen MR) is 172 cm³/mol. The van der Waals surface area contributed by atoms with Crippen molar-refractivity contribution < 1.29 is 42.1 Å². The van der Waals surface area contributed by atoms with Crippen molar-refractivity contribution in [2.75, 3.05) is 44.8 Å². The fourth-order valence-electron chi connectivity index (χ4n) is 5.84. The number of anilines is 1. The highest BCUT2D eigenvalue weighted by Crippen LogP contribution is 2.33. The van der Waals surface area contributed by atoms with Gasteiger partial charge < -0.3 is 34.7 Å². The van der Waals surface area contributed by atoms with Crippen LogP contribution in [0.15, 0.2) is 53.4 Å². The Morgan fingerprint density at radius 3 is 2.68 bits per heavy atom. The number of carbonyl (C=O) groups is 2. The Morgan fingerprint density at radius 2 is 1.94 bits per heavy atom. The van der Waals surface area contributed by atoms with Crippen molar-refractivity contribution in [3.63, 3.8) is 0 Å². The number of aromatic amines is 1. The van der Waals surface area contributed by atoms with Gasteiger partial charge in [-0.1, -0.05) is 44.2 Å². The second-order valence-electron chi connectivity index (χ2n) is 12.1. The van der Waals surface area contributed by atoms with Crippen molar-refractivity contribution in [1.29, 1.82) is 0 Å². The Labute approximate surface area is 274 Å². The van der Waals surface area contributed by atoms with Gasteiger partial charge in [-0.25, -0.2) is 13.2 Å². The number of nitrogens with one attached hydrogen (secondary N) is 3. The van der Waals surface area contributed by atoms with E-state index in [1.54, 1.807) is 13.0 Å². The maximum Gasteiger partial charge on any atom is 0.407 e. The number of aromatic nitrogens is 2. The Morgan fingerprint density at radius 1 is 1.15 bits per heavy atom. The summed E-state index contributed by atoms with van der Waals surface area (Å²) in [4.78, 5) is 25.0. The lowest BCUT2D eigenvalue weighted by Crippen LogP contribution is -2.51. The highest BCUT2D eigenvalue weighted by molar-refractivity contribution is 7.89. The Balaban J connectivity index is 1.35. The number of benzene rings is 2. The summed E-state index contributed by atoms with van der Waals surface area (Å²) in [5, 5.41) is 24.7. The van der Waals surface area contributed by atoms with E-state index in [-0.39, 0.29) is 62.3 Å². The summed E-state index contributed by atoms with van der Waals surface area (Å²) >= 11 is 0. The molecule has 256 valence electrons. The number of H-pyrrole nitrogens is 1. The van der Waals surface area contributed by atoms with E-state index in [4.69, 9.17) is 18.9 Å². The van der Waals surface area contributed by atoms with Crippen molar-refractivity contribution in [3.05, 3.63) is 54.1 Å². The summed E-state index contributed by atoms with van der Waals surface area (Å²) in [6.45, 7) is 6.13. The standard InChI is InChI=1S/C32H43N5O9S/c1-4-43-29(39)16-33-30-24-15-22(10-11-25(24)35-36-30)47(41,42)37(17-20(2)3)18-27(38)26(14-21-8-6-5-7-9-21)34-32(40)46-28-19-45-31-23(28)12-13-44-31/h5-11,15,20,23,26-28,31,38H,4,12-14,16-19H2,1-3H3,(H,34,40)(H2,33,35,36)/t23-,26-,27+,28-,31+/m0/s1. The minimum absolute atomic E-state index is 0.0139. The van der Waals surface area contributed by atoms with Crippen molar-refractivity contribution in [3.8, 4) is 0 Å². The first kappa shape index (κ1) is 34.6. The van der Waals surface area contributed by atoms with Crippen LogP contribution in [0.4, 0.5) is 10.6 Å². The summed E-state index contributed by atoms with van der Waals surface area (Å²) < 4.78 is 51.2. The van der Waals surface area contributed by atoms with Gasteiger partial charge in [0, 0.05) is 18.5 Å². The van der Waals surface area contributed by atoms with Gasteiger partial charge in [0.05, 0.1) is 48.3 Å². The molecule has 0 aliphatic carbocycles. The third kappa shape index (κ3) is 8.59. The predicted octanol–water partition coefficient (Wildman–Crippen LogP) is 2.64. The lowest BCUT2D eigenvalue weighted by atomic mass is 10.0. The smallest absolute Gasteiger partial charge is 0.407 e. The molecule has 1 amide bonds. The molecule has 0 saturated carbocycles. The van der Waals surface area contributed by atoms with Crippen LogP contribution in [0.3, 0.4) is 0 Å². The molecule has 15 heteroatoms. The van der Waals surface area contributed by atoms with E-state index in [0.29, 0.717) is 29.7 Å². The van der Waals surface area contributed by atoms with E-state index in [0.717, 1.165) is 5.56 Å². The molecule has 0 unspecified atom stereocenters. The van der Waals surface area contributed by atoms with Gasteiger partial charge in [-0.2, -0.15) is 9.40 Å². The van der Waals surface area contributed by atoms with Crippen LogP contribution in [0.5, 0.6) is 0 Å². The number of fused-ring (bicyclic) bond motifs is 2. The molecule has 0 radical (unpaired) electrons. The van der Waals surface area contributed by atoms with Crippen LogP contribution in [-0.2, 0) is 40.2 Å². The van der Waals surface area contributed by atoms with Gasteiger partial charge in [-0.05, 0) is 49.4 Å². The zero-order valence-electron chi connectivity index (χ0n) is 26.8. The minimum atomic E-state index is -4.14. The van der Waals surface area contributed by atoms with Crippen LogP contribution in [-0.4, -0.2) is 104 Å². The quantitative estimate of drug-likeness (QED) is 0.174. The van der Waals surface area contributed by atoms with Crippen LogP contribution in [0.25, 0.3) is 10.9 Å². The lowest BCUT2D eigenvalue weighted by Gasteiger charge is -2.31. The van der Waals surface area contributed by atoms with Crippen molar-refractivity contribution in [1.82, 2.24) is 19.8 Å². The molecule has 4 N–H and O–H groups in total. The molecule has 47 heavy (non-hydrogen) atoms. The van der Waals surface area contributed by atoms with Crippen LogP contribution < -0.4 is 10.6 Å². The molecular weight excluding hydrogens is 630 g/mol. The molecule has 2 aliphatic rings. The number of carbonyl (C=O) groups excluding carboxylic acids is 2. The van der Waals surface area contributed by atoms with Gasteiger partial charge in [-0.15, -0.1) is 0 Å². The largest absolute Gasteiger partial charge is 0.465 e. The molecule has 2 saturated heterocycles. The van der Waals surface area contributed by atoms with Crippen molar-refractivity contribution in [2.24, 2.45) is 11.8 Å². The molecule has 1 aromatic heterocycles. The van der Waals surface area contributed by atoms with Crippen molar-refractivity contribution in [2.45, 2.75) is 63.0 Å². The number of hydrogen-bond donors (Lipinski definition) is 4. The second kappa shape index (κ2) is 15.4. The first-order chi connectivity index (χ1) is 22.5. The number of ether oxygens (including phenoxy) is 4. The number of alkyl carbamates (subject to hydrolysis) is 1. The number of rotatable bonds is 15. The number of aliphatic hydroxyl groups is 1. The molecule has 2 fully saturated rings. The first-order valence-corrected chi connectivity index (χ1v) is 17.3. The first-order valence-electron chi connectivity index (χ1n) is 15.8. The normalized spacial score (nSPS) is 20.7. The second-order valence-corrected chi connectivity index (χ2v) is 14.1. The summed E-state index contributed by atoms with van der Waals surface area (Å²) in [7, 11) is -4.14. The topological polar surface area (TPSA) is 181 Å². The number of aliphatic hydroxyl groups excluding tert-OH is 1. The van der Waals surface area contributed by atoms with Crippen molar-refractivity contribution >= 4 is 38.8 Å². The molecule has 3 heterocycles. The molecule has 0 bridgehead atoms. The Hall–Kier alpha value is -3.76. The number of hydrogen-bond acceptors (Lipinski definition) is 11. The van der Waals surface area contributed by atoms with Crippen LogP contribution in [0.1, 0.15) is 32.8 Å². The number of sulfonamides is 1.